The summed E-state index contributed by atoms with van der Waals surface area (Å²) in [6.45, 7) is 0. The maximum atomic E-state index is 12.8. The van der Waals surface area contributed by atoms with Crippen LogP contribution in [0.1, 0.15) is 0 Å². The zero-order chi connectivity index (χ0) is 18.5. The minimum absolute atomic E-state index is 0.128. The minimum Gasteiger partial charge on any atom is -0.399 e. The number of nitrogen functional groups attached to an aromatic ring is 1. The maximum Gasteiger partial charge on any atom is 0.426 e. The van der Waals surface area contributed by atoms with Crippen molar-refractivity contribution in [3.8, 4) is 0 Å². The Bertz CT molecular complexity index is 634. The molecule has 0 aromatic heterocycles. The van der Waals surface area contributed by atoms with Crippen molar-refractivity contribution in [3.63, 3.8) is 0 Å². The molecule has 0 saturated carbocycles. The van der Waals surface area contributed by atoms with Gasteiger partial charge in [-0.3, -0.25) is 0 Å². The lowest BCUT2D eigenvalue weighted by molar-refractivity contribution is -0.347. The van der Waals surface area contributed by atoms with E-state index in [2.05, 4.69) is 0 Å². The summed E-state index contributed by atoms with van der Waals surface area (Å²) in [5.74, 6) is 0. The van der Waals surface area contributed by atoms with Crippen molar-refractivity contribution >= 4 is 15.5 Å². The number of sulfone groups is 1. The first-order valence-electron chi connectivity index (χ1n) is 5.30. The van der Waals surface area contributed by atoms with E-state index in [0.717, 1.165) is 0 Å². The van der Waals surface area contributed by atoms with E-state index in [1.807, 2.05) is 0 Å². The fraction of sp³-hybridized carbons (Fsp3) is 0.400. The molecular weight excluding hydrogens is 369 g/mol. The SMILES string of the molecule is Nc1ccc(S(=O)(=O)C(C(F)(F)F)(C(F)(F)F)C(F)(F)F)cc1. The van der Waals surface area contributed by atoms with Crippen LogP contribution in [0.4, 0.5) is 45.2 Å². The highest BCUT2D eigenvalue weighted by Crippen LogP contribution is 2.58. The van der Waals surface area contributed by atoms with Gasteiger partial charge in [0.25, 0.3) is 0 Å². The minimum atomic E-state index is -7.20. The number of hydrogen-bond acceptors (Lipinski definition) is 3. The van der Waals surface area contributed by atoms with E-state index in [4.69, 9.17) is 5.73 Å². The van der Waals surface area contributed by atoms with Gasteiger partial charge in [0.15, 0.2) is 0 Å². The van der Waals surface area contributed by atoms with Crippen molar-refractivity contribution in [1.29, 1.82) is 0 Å². The third kappa shape index (κ3) is 2.70. The molecule has 0 atom stereocenters. The van der Waals surface area contributed by atoms with Gasteiger partial charge in [0.1, 0.15) is 0 Å². The molecule has 0 fully saturated rings. The molecule has 0 heterocycles. The van der Waals surface area contributed by atoms with Crippen molar-refractivity contribution in [1.82, 2.24) is 0 Å². The van der Waals surface area contributed by atoms with Gasteiger partial charge in [-0.2, -0.15) is 39.5 Å². The molecule has 0 aliphatic carbocycles. The van der Waals surface area contributed by atoms with Crippen molar-refractivity contribution in [3.05, 3.63) is 24.3 Å². The molecule has 0 aliphatic heterocycles. The third-order valence-electron chi connectivity index (χ3n) is 2.79. The van der Waals surface area contributed by atoms with E-state index in [1.165, 1.54) is 0 Å². The summed E-state index contributed by atoms with van der Waals surface area (Å²) in [5, 5.41) is 0. The van der Waals surface area contributed by atoms with Crippen LogP contribution in [0.3, 0.4) is 0 Å². The Morgan fingerprint density at radius 2 is 1.00 bits per heavy atom. The van der Waals surface area contributed by atoms with Crippen LogP contribution in [0.15, 0.2) is 29.2 Å². The van der Waals surface area contributed by atoms with Crippen molar-refractivity contribution in [2.45, 2.75) is 28.2 Å². The normalized spacial score (nSPS) is 14.8. The first kappa shape index (κ1) is 19.4. The van der Waals surface area contributed by atoms with E-state index in [-0.39, 0.29) is 17.8 Å². The topological polar surface area (TPSA) is 60.2 Å². The first-order valence-corrected chi connectivity index (χ1v) is 6.79. The molecule has 23 heavy (non-hydrogen) atoms. The fourth-order valence-corrected chi connectivity index (χ4v) is 3.53. The molecule has 0 aliphatic rings. The summed E-state index contributed by atoms with van der Waals surface area (Å²) >= 11 is 0. The predicted molar refractivity (Wildman–Crippen MR) is 58.9 cm³/mol. The molecule has 132 valence electrons. The smallest absolute Gasteiger partial charge is 0.399 e. The van der Waals surface area contributed by atoms with Gasteiger partial charge < -0.3 is 5.73 Å². The molecule has 0 unspecified atom stereocenters. The van der Waals surface area contributed by atoms with E-state index >= 15 is 0 Å². The maximum absolute atomic E-state index is 12.8. The summed E-state index contributed by atoms with van der Waals surface area (Å²) in [5.41, 5.74) is 4.80. The molecule has 0 saturated heterocycles. The second-order valence-electron chi connectivity index (χ2n) is 4.25. The van der Waals surface area contributed by atoms with Gasteiger partial charge in [-0.1, -0.05) is 0 Å². The largest absolute Gasteiger partial charge is 0.426 e. The summed E-state index contributed by atoms with van der Waals surface area (Å²) in [6.07, 6.45) is -21.6. The van der Waals surface area contributed by atoms with Crippen molar-refractivity contribution in [2.75, 3.05) is 5.73 Å². The van der Waals surface area contributed by atoms with Crippen LogP contribution in [0.2, 0.25) is 0 Å². The fourth-order valence-electron chi connectivity index (χ4n) is 1.76. The number of hydrogen-bond donors (Lipinski definition) is 1. The molecule has 0 amide bonds. The summed E-state index contributed by atoms with van der Waals surface area (Å²) in [7, 11) is -6.98. The van der Waals surface area contributed by atoms with Crippen LogP contribution in [0.5, 0.6) is 0 Å². The molecule has 3 nitrogen and oxygen atoms in total. The molecule has 13 heteroatoms. The Hall–Kier alpha value is -1.66. The lowest BCUT2D eigenvalue weighted by atomic mass is 10.1. The van der Waals surface area contributed by atoms with Crippen LogP contribution in [0, 0.1) is 0 Å². The highest BCUT2D eigenvalue weighted by Gasteiger charge is 2.90. The number of alkyl halides is 9. The van der Waals surface area contributed by atoms with Gasteiger partial charge in [0, 0.05) is 5.69 Å². The third-order valence-corrected chi connectivity index (χ3v) is 5.18. The highest BCUT2D eigenvalue weighted by atomic mass is 32.2. The van der Waals surface area contributed by atoms with Gasteiger partial charge in [0.2, 0.25) is 9.84 Å². The van der Waals surface area contributed by atoms with Gasteiger partial charge in [0.05, 0.1) is 4.90 Å². The monoisotopic (exact) mass is 375 g/mol. The molecule has 1 aromatic carbocycles. The summed E-state index contributed by atoms with van der Waals surface area (Å²) < 4.78 is 132. The van der Waals surface area contributed by atoms with E-state index < -0.39 is 38.0 Å². The second-order valence-corrected chi connectivity index (χ2v) is 6.34. The van der Waals surface area contributed by atoms with Crippen LogP contribution in [-0.2, 0) is 9.84 Å². The summed E-state index contributed by atoms with van der Waals surface area (Å²) in [6, 6.07) is 1.37. The Labute approximate surface area is 122 Å². The highest BCUT2D eigenvalue weighted by molar-refractivity contribution is 7.93. The lowest BCUT2D eigenvalue weighted by Crippen LogP contribution is -2.70. The van der Waals surface area contributed by atoms with Gasteiger partial charge in [-0.25, -0.2) is 8.42 Å². The van der Waals surface area contributed by atoms with E-state index in [0.29, 0.717) is 12.1 Å². The van der Waals surface area contributed by atoms with Crippen LogP contribution in [0.25, 0.3) is 0 Å². The summed E-state index contributed by atoms with van der Waals surface area (Å²) in [4.78, 5) is -1.82. The Kier molecular flexibility index (Phi) is 4.36. The molecule has 2 N–H and O–H groups in total. The Morgan fingerprint density at radius 1 is 0.696 bits per heavy atom. The molecular formula is C10H6F9NO2S. The first-order chi connectivity index (χ1) is 10.00. The van der Waals surface area contributed by atoms with Gasteiger partial charge >= 0.3 is 23.3 Å². The van der Waals surface area contributed by atoms with Crippen molar-refractivity contribution in [2.24, 2.45) is 0 Å². The van der Waals surface area contributed by atoms with E-state index in [9.17, 15) is 47.9 Å². The lowest BCUT2D eigenvalue weighted by Gasteiger charge is -2.37. The molecule has 1 aromatic rings. The number of nitrogens with two attached hydrogens (primary N) is 1. The van der Waals surface area contributed by atoms with Crippen LogP contribution < -0.4 is 5.73 Å². The molecule has 0 radical (unpaired) electrons. The zero-order valence-electron chi connectivity index (χ0n) is 10.5. The Balaban J connectivity index is 3.95. The molecule has 0 bridgehead atoms. The Morgan fingerprint density at radius 3 is 1.26 bits per heavy atom. The zero-order valence-corrected chi connectivity index (χ0v) is 11.3. The number of benzene rings is 1. The average molecular weight is 375 g/mol. The van der Waals surface area contributed by atoms with E-state index in [1.54, 1.807) is 0 Å². The standard InChI is InChI=1S/C10H6F9NO2S/c11-8(12,13)7(9(14,15)16,10(17,18)19)23(21,22)6-3-1-5(20)2-4-6/h1-4H,20H2. The quantitative estimate of drug-likeness (QED) is 0.636. The molecule has 0 spiro atoms. The van der Waals surface area contributed by atoms with Crippen LogP contribution >= 0.6 is 0 Å². The average Bonchev–Trinajstić information content (AvgIpc) is 2.22. The van der Waals surface area contributed by atoms with Gasteiger partial charge in [-0.15, -0.1) is 0 Å². The molecule has 1 rings (SSSR count). The van der Waals surface area contributed by atoms with Gasteiger partial charge in [-0.05, 0) is 24.3 Å². The second kappa shape index (κ2) is 5.18. The number of anilines is 1. The number of rotatable bonds is 2. The van der Waals surface area contributed by atoms with Crippen molar-refractivity contribution < 1.29 is 47.9 Å². The number of halogens is 9. The predicted octanol–water partition coefficient (Wildman–Crippen LogP) is 3.47. The van der Waals surface area contributed by atoms with Crippen LogP contribution in [-0.4, -0.2) is 31.7 Å².